The molecular weight excluding hydrogens is 258 g/mol. The molecule has 1 atom stereocenters. The summed E-state index contributed by atoms with van der Waals surface area (Å²) >= 11 is 0. The number of benzene rings is 2. The summed E-state index contributed by atoms with van der Waals surface area (Å²) in [6.07, 6.45) is 5.62. The molecule has 0 amide bonds. The van der Waals surface area contributed by atoms with Crippen molar-refractivity contribution < 1.29 is 4.79 Å². The van der Waals surface area contributed by atoms with Crippen LogP contribution in [0.15, 0.2) is 72.8 Å². The van der Waals surface area contributed by atoms with E-state index in [9.17, 15) is 4.79 Å². The Morgan fingerprint density at radius 1 is 1.05 bits per heavy atom. The number of unbranched alkanes of at least 4 members (excludes halogenated alkanes) is 1. The molecule has 2 nitrogen and oxygen atoms in total. The van der Waals surface area contributed by atoms with Crippen molar-refractivity contribution >= 4 is 11.5 Å². The standard InChI is InChI=1S/C19H21NO/c1-2-3-6-15-18(21)19(16-11-7-4-8-12-16)20-17-13-9-5-10-14-17/h4-15,19-20H,2-3H2,1H3/b15-6+. The maximum Gasteiger partial charge on any atom is 0.182 e. The molecule has 0 aliphatic heterocycles. The van der Waals surface area contributed by atoms with E-state index in [0.717, 1.165) is 24.1 Å². The van der Waals surface area contributed by atoms with E-state index in [1.54, 1.807) is 6.08 Å². The summed E-state index contributed by atoms with van der Waals surface area (Å²) in [5, 5.41) is 3.32. The maximum atomic E-state index is 12.5. The van der Waals surface area contributed by atoms with Crippen LogP contribution in [0.4, 0.5) is 5.69 Å². The number of hydrogen-bond donors (Lipinski definition) is 1. The summed E-state index contributed by atoms with van der Waals surface area (Å²) in [4.78, 5) is 12.5. The summed E-state index contributed by atoms with van der Waals surface area (Å²) in [7, 11) is 0. The highest BCUT2D eigenvalue weighted by Crippen LogP contribution is 2.21. The first-order valence-corrected chi connectivity index (χ1v) is 7.38. The first-order chi connectivity index (χ1) is 10.3. The van der Waals surface area contributed by atoms with Gasteiger partial charge in [-0.2, -0.15) is 0 Å². The van der Waals surface area contributed by atoms with Crippen LogP contribution in [-0.4, -0.2) is 5.78 Å². The van der Waals surface area contributed by atoms with E-state index >= 15 is 0 Å². The third-order valence-electron chi connectivity index (χ3n) is 3.24. The molecule has 2 aromatic rings. The van der Waals surface area contributed by atoms with Crippen molar-refractivity contribution in [2.24, 2.45) is 0 Å². The van der Waals surface area contributed by atoms with Gasteiger partial charge in [0, 0.05) is 5.69 Å². The van der Waals surface area contributed by atoms with Gasteiger partial charge in [-0.1, -0.05) is 68.0 Å². The Hall–Kier alpha value is -2.35. The van der Waals surface area contributed by atoms with Crippen LogP contribution in [0, 0.1) is 0 Å². The Morgan fingerprint density at radius 3 is 2.29 bits per heavy atom. The van der Waals surface area contributed by atoms with Gasteiger partial charge in [0.25, 0.3) is 0 Å². The molecule has 108 valence electrons. The average molecular weight is 279 g/mol. The van der Waals surface area contributed by atoms with Gasteiger partial charge in [-0.3, -0.25) is 4.79 Å². The van der Waals surface area contributed by atoms with Crippen molar-refractivity contribution in [1.82, 2.24) is 0 Å². The molecule has 1 unspecified atom stereocenters. The van der Waals surface area contributed by atoms with Crippen LogP contribution in [0.3, 0.4) is 0 Å². The van der Waals surface area contributed by atoms with E-state index in [0.29, 0.717) is 0 Å². The number of carbonyl (C=O) groups is 1. The van der Waals surface area contributed by atoms with Crippen LogP contribution in [0.25, 0.3) is 0 Å². The fraction of sp³-hybridized carbons (Fsp3) is 0.211. The molecule has 2 heteroatoms. The monoisotopic (exact) mass is 279 g/mol. The molecule has 21 heavy (non-hydrogen) atoms. The van der Waals surface area contributed by atoms with Gasteiger partial charge in [-0.25, -0.2) is 0 Å². The van der Waals surface area contributed by atoms with E-state index in [1.165, 1.54) is 0 Å². The Bertz CT molecular complexity index is 575. The SMILES string of the molecule is CCC/C=C/C(=O)C(Nc1ccccc1)c1ccccc1. The van der Waals surface area contributed by atoms with E-state index in [1.807, 2.05) is 66.7 Å². The lowest BCUT2D eigenvalue weighted by Gasteiger charge is -2.18. The van der Waals surface area contributed by atoms with Gasteiger partial charge in [0.1, 0.15) is 6.04 Å². The number of nitrogens with one attached hydrogen (secondary N) is 1. The molecule has 0 aromatic heterocycles. The summed E-state index contributed by atoms with van der Waals surface area (Å²) in [6.45, 7) is 2.10. The molecular formula is C19H21NO. The maximum absolute atomic E-state index is 12.5. The zero-order valence-electron chi connectivity index (χ0n) is 12.3. The first-order valence-electron chi connectivity index (χ1n) is 7.38. The zero-order valence-corrected chi connectivity index (χ0v) is 12.3. The van der Waals surface area contributed by atoms with Crippen LogP contribution < -0.4 is 5.32 Å². The number of anilines is 1. The third-order valence-corrected chi connectivity index (χ3v) is 3.24. The highest BCUT2D eigenvalue weighted by atomic mass is 16.1. The molecule has 2 aromatic carbocycles. The quantitative estimate of drug-likeness (QED) is 0.740. The lowest BCUT2D eigenvalue weighted by Crippen LogP contribution is -2.19. The third kappa shape index (κ3) is 4.60. The molecule has 0 bridgehead atoms. The fourth-order valence-corrected chi connectivity index (χ4v) is 2.13. The largest absolute Gasteiger partial charge is 0.371 e. The van der Waals surface area contributed by atoms with E-state index < -0.39 is 0 Å². The molecule has 2 rings (SSSR count). The lowest BCUT2D eigenvalue weighted by atomic mass is 10.0. The van der Waals surface area contributed by atoms with Gasteiger partial charge in [-0.05, 0) is 30.2 Å². The summed E-state index contributed by atoms with van der Waals surface area (Å²) in [5.41, 5.74) is 1.93. The summed E-state index contributed by atoms with van der Waals surface area (Å²) < 4.78 is 0. The van der Waals surface area contributed by atoms with E-state index in [4.69, 9.17) is 0 Å². The zero-order chi connectivity index (χ0) is 14.9. The Balaban J connectivity index is 2.20. The molecule has 1 N–H and O–H groups in total. The number of ketones is 1. The van der Waals surface area contributed by atoms with Gasteiger partial charge in [0.15, 0.2) is 5.78 Å². The lowest BCUT2D eigenvalue weighted by molar-refractivity contribution is -0.115. The van der Waals surface area contributed by atoms with Crippen molar-refractivity contribution in [2.45, 2.75) is 25.8 Å². The molecule has 0 radical (unpaired) electrons. The average Bonchev–Trinajstić information content (AvgIpc) is 2.54. The minimum atomic E-state index is -0.346. The van der Waals surface area contributed by atoms with Crippen molar-refractivity contribution in [3.8, 4) is 0 Å². The van der Waals surface area contributed by atoms with Crippen molar-refractivity contribution in [1.29, 1.82) is 0 Å². The Kier molecular flexibility index (Phi) is 5.77. The van der Waals surface area contributed by atoms with Crippen LogP contribution in [0.5, 0.6) is 0 Å². The summed E-state index contributed by atoms with van der Waals surface area (Å²) in [6, 6.07) is 19.3. The second kappa shape index (κ2) is 8.05. The molecule has 0 saturated carbocycles. The number of hydrogen-bond acceptors (Lipinski definition) is 2. The molecule has 0 fully saturated rings. The highest BCUT2D eigenvalue weighted by molar-refractivity contribution is 5.96. The Morgan fingerprint density at radius 2 is 1.67 bits per heavy atom. The predicted octanol–water partition coefficient (Wildman–Crippen LogP) is 4.77. The minimum Gasteiger partial charge on any atom is -0.371 e. The molecule has 0 spiro atoms. The number of rotatable bonds is 7. The highest BCUT2D eigenvalue weighted by Gasteiger charge is 2.17. The van der Waals surface area contributed by atoms with Gasteiger partial charge < -0.3 is 5.32 Å². The predicted molar refractivity (Wildman–Crippen MR) is 88.3 cm³/mol. The fourth-order valence-electron chi connectivity index (χ4n) is 2.13. The molecule has 0 aliphatic rings. The normalized spacial score (nSPS) is 12.2. The van der Waals surface area contributed by atoms with Gasteiger partial charge >= 0.3 is 0 Å². The van der Waals surface area contributed by atoms with Crippen LogP contribution >= 0.6 is 0 Å². The minimum absolute atomic E-state index is 0.0819. The van der Waals surface area contributed by atoms with Crippen molar-refractivity contribution in [3.05, 3.63) is 78.4 Å². The van der Waals surface area contributed by atoms with E-state index in [2.05, 4.69) is 12.2 Å². The topological polar surface area (TPSA) is 29.1 Å². The van der Waals surface area contributed by atoms with Crippen LogP contribution in [0.1, 0.15) is 31.4 Å². The molecule has 0 aliphatic carbocycles. The first kappa shape index (κ1) is 15.0. The van der Waals surface area contributed by atoms with E-state index in [-0.39, 0.29) is 11.8 Å². The van der Waals surface area contributed by atoms with Crippen LogP contribution in [0.2, 0.25) is 0 Å². The molecule has 0 heterocycles. The second-order valence-corrected chi connectivity index (χ2v) is 4.95. The molecule has 0 saturated heterocycles. The van der Waals surface area contributed by atoms with Crippen molar-refractivity contribution in [2.75, 3.05) is 5.32 Å². The number of carbonyl (C=O) groups excluding carboxylic acids is 1. The Labute approximate surface area is 126 Å². The number of para-hydroxylation sites is 1. The summed E-state index contributed by atoms with van der Waals surface area (Å²) in [5.74, 6) is 0.0819. The second-order valence-electron chi connectivity index (χ2n) is 4.95. The van der Waals surface area contributed by atoms with Crippen molar-refractivity contribution in [3.63, 3.8) is 0 Å². The van der Waals surface area contributed by atoms with Gasteiger partial charge in [0.05, 0.1) is 0 Å². The van der Waals surface area contributed by atoms with Gasteiger partial charge in [-0.15, -0.1) is 0 Å². The number of allylic oxidation sites excluding steroid dienone is 1. The van der Waals surface area contributed by atoms with Crippen LogP contribution in [-0.2, 0) is 4.79 Å². The van der Waals surface area contributed by atoms with Gasteiger partial charge in [0.2, 0.25) is 0 Å². The smallest absolute Gasteiger partial charge is 0.182 e.